The summed E-state index contributed by atoms with van der Waals surface area (Å²) in [5.74, 6) is -1.86. The highest BCUT2D eigenvalue weighted by Crippen LogP contribution is 2.21. The summed E-state index contributed by atoms with van der Waals surface area (Å²) in [6.07, 6.45) is 0. The maximum atomic E-state index is 13.6. The molecule has 8 heteroatoms. The molecule has 2 aromatic rings. The van der Waals surface area contributed by atoms with Crippen LogP contribution < -0.4 is 5.32 Å². The van der Waals surface area contributed by atoms with Crippen molar-refractivity contribution in [3.8, 4) is 0 Å². The van der Waals surface area contributed by atoms with Crippen molar-refractivity contribution in [2.24, 2.45) is 0 Å². The first-order chi connectivity index (χ1) is 12.4. The Labute approximate surface area is 158 Å². The Morgan fingerprint density at radius 2 is 1.88 bits per heavy atom. The largest absolute Gasteiger partial charge is 0.460 e. The molecule has 4 nitrogen and oxygen atoms in total. The van der Waals surface area contributed by atoms with E-state index in [1.54, 1.807) is 6.92 Å². The minimum Gasteiger partial charge on any atom is -0.460 e. The molecule has 0 fully saturated rings. The number of carbonyl (C=O) groups excluding carboxylic acids is 2. The number of rotatable bonds is 7. The highest BCUT2D eigenvalue weighted by atomic mass is 35.5. The average molecular weight is 400 g/mol. The van der Waals surface area contributed by atoms with E-state index in [-0.39, 0.29) is 28.9 Å². The normalized spacial score (nSPS) is 11.7. The first-order valence-corrected chi connectivity index (χ1v) is 9.06. The molecular weight excluding hydrogens is 384 g/mol. The van der Waals surface area contributed by atoms with Gasteiger partial charge in [0.15, 0.2) is 0 Å². The third-order valence-corrected chi connectivity index (χ3v) is 4.82. The van der Waals surface area contributed by atoms with E-state index < -0.39 is 22.9 Å². The molecule has 0 bridgehead atoms. The number of thioether (sulfide) groups is 1. The van der Waals surface area contributed by atoms with Crippen molar-refractivity contribution in [2.45, 2.75) is 18.8 Å². The molecule has 1 N–H and O–H groups in total. The number of hydrogen-bond acceptors (Lipinski definition) is 4. The molecule has 2 aromatic carbocycles. The molecule has 0 aromatic heterocycles. The fraction of sp³-hybridized carbons (Fsp3) is 0.222. The molecule has 2 rings (SSSR count). The van der Waals surface area contributed by atoms with Crippen LogP contribution in [0.1, 0.15) is 12.5 Å². The van der Waals surface area contributed by atoms with E-state index in [9.17, 15) is 18.4 Å². The van der Waals surface area contributed by atoms with Crippen LogP contribution in [-0.2, 0) is 20.9 Å². The molecule has 1 amide bonds. The lowest BCUT2D eigenvalue weighted by molar-refractivity contribution is -0.143. The molecule has 0 aliphatic heterocycles. The molecule has 1 atom stereocenters. The van der Waals surface area contributed by atoms with Gasteiger partial charge in [-0.1, -0.05) is 17.7 Å². The van der Waals surface area contributed by atoms with E-state index in [1.165, 1.54) is 42.5 Å². The van der Waals surface area contributed by atoms with Crippen LogP contribution >= 0.6 is 23.4 Å². The van der Waals surface area contributed by atoms with Crippen LogP contribution in [0.5, 0.6) is 0 Å². The Morgan fingerprint density at radius 3 is 2.54 bits per heavy atom. The summed E-state index contributed by atoms with van der Waals surface area (Å²) in [7, 11) is 0. The van der Waals surface area contributed by atoms with Crippen molar-refractivity contribution in [1.82, 2.24) is 0 Å². The first kappa shape index (κ1) is 20.2. The van der Waals surface area contributed by atoms with E-state index in [0.29, 0.717) is 5.69 Å². The second-order valence-corrected chi connectivity index (χ2v) is 7.05. The zero-order valence-corrected chi connectivity index (χ0v) is 15.4. The van der Waals surface area contributed by atoms with Gasteiger partial charge in [0.1, 0.15) is 23.5 Å². The second kappa shape index (κ2) is 9.54. The van der Waals surface area contributed by atoms with Crippen LogP contribution in [0.2, 0.25) is 5.02 Å². The molecule has 0 aliphatic carbocycles. The summed E-state index contributed by atoms with van der Waals surface area (Å²) < 4.78 is 31.5. The number of benzene rings is 2. The van der Waals surface area contributed by atoms with Gasteiger partial charge in [0.25, 0.3) is 0 Å². The monoisotopic (exact) mass is 399 g/mol. The number of amides is 1. The van der Waals surface area contributed by atoms with Crippen LogP contribution in [-0.4, -0.2) is 22.9 Å². The van der Waals surface area contributed by atoms with Crippen LogP contribution in [0.15, 0.2) is 42.5 Å². The van der Waals surface area contributed by atoms with Crippen molar-refractivity contribution < 1.29 is 23.1 Å². The minimum absolute atomic E-state index is 0.00803. The number of anilines is 1. The van der Waals surface area contributed by atoms with E-state index in [0.717, 1.165) is 11.8 Å². The topological polar surface area (TPSA) is 55.4 Å². The van der Waals surface area contributed by atoms with E-state index in [1.807, 2.05) is 0 Å². The number of halogens is 3. The van der Waals surface area contributed by atoms with Gasteiger partial charge in [0.05, 0.1) is 10.8 Å². The maximum Gasteiger partial charge on any atom is 0.319 e. The average Bonchev–Trinajstić information content (AvgIpc) is 2.61. The third-order valence-electron chi connectivity index (χ3n) is 3.34. The summed E-state index contributed by atoms with van der Waals surface area (Å²) >= 11 is 6.94. The Morgan fingerprint density at radius 1 is 1.19 bits per heavy atom. The lowest BCUT2D eigenvalue weighted by Gasteiger charge is -2.12. The summed E-state index contributed by atoms with van der Waals surface area (Å²) in [5, 5.41) is 2.14. The molecule has 0 saturated heterocycles. The Balaban J connectivity index is 1.78. The maximum absolute atomic E-state index is 13.6. The van der Waals surface area contributed by atoms with E-state index in [4.69, 9.17) is 16.3 Å². The van der Waals surface area contributed by atoms with E-state index in [2.05, 4.69) is 5.32 Å². The smallest absolute Gasteiger partial charge is 0.319 e. The Bertz CT molecular complexity index is 766. The molecule has 0 saturated carbocycles. The lowest BCUT2D eigenvalue weighted by atomic mass is 10.2. The van der Waals surface area contributed by atoms with Gasteiger partial charge >= 0.3 is 5.97 Å². The third kappa shape index (κ3) is 6.00. The van der Waals surface area contributed by atoms with E-state index >= 15 is 0 Å². The van der Waals surface area contributed by atoms with Gasteiger partial charge in [-0.25, -0.2) is 8.78 Å². The summed E-state index contributed by atoms with van der Waals surface area (Å²) in [4.78, 5) is 23.8. The molecule has 26 heavy (non-hydrogen) atoms. The number of carbonyl (C=O) groups is 2. The van der Waals surface area contributed by atoms with Gasteiger partial charge in [0.2, 0.25) is 5.91 Å². The number of ether oxygens (including phenoxy) is 1. The standard InChI is InChI=1S/C18H16ClF2NO3S/c1-11(18(24)25-9-14-15(19)3-2-4-16(14)21)26-10-17(23)22-13-7-5-12(20)6-8-13/h2-8,11H,9-10H2,1H3,(H,22,23). The molecule has 1 unspecified atom stereocenters. The summed E-state index contributed by atoms with van der Waals surface area (Å²) in [6.45, 7) is 1.30. The number of nitrogens with one attached hydrogen (secondary N) is 1. The summed E-state index contributed by atoms with van der Waals surface area (Å²) in [6, 6.07) is 9.54. The predicted octanol–water partition coefficient (Wildman–Crippen LogP) is 4.42. The van der Waals surface area contributed by atoms with Crippen molar-refractivity contribution >= 4 is 40.9 Å². The second-order valence-electron chi connectivity index (χ2n) is 5.32. The number of hydrogen-bond donors (Lipinski definition) is 1. The first-order valence-electron chi connectivity index (χ1n) is 7.63. The minimum atomic E-state index is -0.625. The molecule has 138 valence electrons. The summed E-state index contributed by atoms with van der Waals surface area (Å²) in [5.41, 5.74) is 0.565. The van der Waals surface area contributed by atoms with Crippen molar-refractivity contribution in [1.29, 1.82) is 0 Å². The van der Waals surface area contributed by atoms with Crippen LogP contribution in [0.3, 0.4) is 0 Å². The molecular formula is C18H16ClF2NO3S. The molecule has 0 spiro atoms. The van der Waals surface area contributed by atoms with Crippen LogP contribution in [0, 0.1) is 11.6 Å². The Kier molecular flexibility index (Phi) is 7.41. The fourth-order valence-corrected chi connectivity index (χ4v) is 2.83. The van der Waals surface area contributed by atoms with Crippen LogP contribution in [0.4, 0.5) is 14.5 Å². The highest BCUT2D eigenvalue weighted by molar-refractivity contribution is 8.01. The van der Waals surface area contributed by atoms with Gasteiger partial charge in [-0.05, 0) is 43.3 Å². The molecule has 0 radical (unpaired) electrons. The lowest BCUT2D eigenvalue weighted by Crippen LogP contribution is -2.21. The van der Waals surface area contributed by atoms with Gasteiger partial charge in [-0.15, -0.1) is 11.8 Å². The van der Waals surface area contributed by atoms with Crippen LogP contribution in [0.25, 0.3) is 0 Å². The fourth-order valence-electron chi connectivity index (χ4n) is 1.93. The number of esters is 1. The van der Waals surface area contributed by atoms with Gasteiger partial charge in [0, 0.05) is 11.3 Å². The van der Waals surface area contributed by atoms with Crippen molar-refractivity contribution in [3.63, 3.8) is 0 Å². The zero-order valence-electron chi connectivity index (χ0n) is 13.8. The highest BCUT2D eigenvalue weighted by Gasteiger charge is 2.18. The van der Waals surface area contributed by atoms with Crippen molar-refractivity contribution in [2.75, 3.05) is 11.1 Å². The molecule has 0 aliphatic rings. The SMILES string of the molecule is CC(SCC(=O)Nc1ccc(F)cc1)C(=O)OCc1c(F)cccc1Cl. The van der Waals surface area contributed by atoms with Gasteiger partial charge < -0.3 is 10.1 Å². The predicted molar refractivity (Wildman–Crippen MR) is 98.2 cm³/mol. The quantitative estimate of drug-likeness (QED) is 0.700. The molecule has 0 heterocycles. The van der Waals surface area contributed by atoms with Gasteiger partial charge in [-0.3, -0.25) is 9.59 Å². The van der Waals surface area contributed by atoms with Gasteiger partial charge in [-0.2, -0.15) is 0 Å². The zero-order chi connectivity index (χ0) is 19.1. The van der Waals surface area contributed by atoms with Crippen molar-refractivity contribution in [3.05, 3.63) is 64.7 Å². The Hall–Kier alpha value is -2.12.